The number of aliphatic imine (C=N–C) groups is 1. The van der Waals surface area contributed by atoms with Crippen LogP contribution >= 0.6 is 11.8 Å². The number of thioether (sulfide) groups is 1. The quantitative estimate of drug-likeness (QED) is 0.898. The molecule has 0 amide bonds. The van der Waals surface area contributed by atoms with E-state index in [1.165, 1.54) is 24.0 Å². The van der Waals surface area contributed by atoms with Gasteiger partial charge in [0, 0.05) is 24.4 Å². The zero-order chi connectivity index (χ0) is 17.4. The van der Waals surface area contributed by atoms with Crippen LogP contribution < -0.4 is 10.6 Å². The van der Waals surface area contributed by atoms with Gasteiger partial charge in [0.2, 0.25) is 5.95 Å². The SMILES string of the molecule is NC1=N[C@@]2(c3ccc(F)cn3)CN(c3nccc(CF)n3)C[C@H]2CS1. The first kappa shape index (κ1) is 16.2. The molecule has 0 unspecified atom stereocenters. The van der Waals surface area contributed by atoms with Crippen LogP contribution in [0, 0.1) is 11.7 Å². The number of aromatic nitrogens is 3. The van der Waals surface area contributed by atoms with Crippen molar-refractivity contribution in [2.24, 2.45) is 16.6 Å². The molecule has 4 heterocycles. The van der Waals surface area contributed by atoms with Crippen LogP contribution in [0.25, 0.3) is 0 Å². The molecule has 0 bridgehead atoms. The lowest BCUT2D eigenvalue weighted by molar-refractivity contribution is 0.376. The van der Waals surface area contributed by atoms with Gasteiger partial charge < -0.3 is 10.6 Å². The van der Waals surface area contributed by atoms with Crippen molar-refractivity contribution in [2.75, 3.05) is 23.7 Å². The van der Waals surface area contributed by atoms with E-state index in [2.05, 4.69) is 15.0 Å². The number of pyridine rings is 1. The van der Waals surface area contributed by atoms with Gasteiger partial charge in [-0.3, -0.25) is 4.98 Å². The van der Waals surface area contributed by atoms with Gasteiger partial charge in [-0.1, -0.05) is 11.8 Å². The average Bonchev–Trinajstić information content (AvgIpc) is 3.02. The summed E-state index contributed by atoms with van der Waals surface area (Å²) >= 11 is 1.49. The van der Waals surface area contributed by atoms with E-state index in [4.69, 9.17) is 10.7 Å². The summed E-state index contributed by atoms with van der Waals surface area (Å²) < 4.78 is 26.2. The average molecular weight is 362 g/mol. The van der Waals surface area contributed by atoms with Gasteiger partial charge in [-0.25, -0.2) is 23.7 Å². The van der Waals surface area contributed by atoms with Gasteiger partial charge in [0.25, 0.3) is 0 Å². The summed E-state index contributed by atoms with van der Waals surface area (Å²) in [6.07, 6.45) is 2.74. The third kappa shape index (κ3) is 2.82. The molecule has 6 nitrogen and oxygen atoms in total. The van der Waals surface area contributed by atoms with Gasteiger partial charge in [-0.2, -0.15) is 0 Å². The molecule has 4 rings (SSSR count). The Morgan fingerprint density at radius 1 is 1.32 bits per heavy atom. The fourth-order valence-electron chi connectivity index (χ4n) is 3.38. The molecule has 2 aromatic rings. The summed E-state index contributed by atoms with van der Waals surface area (Å²) in [5.74, 6) is 0.964. The Kier molecular flexibility index (Phi) is 4.03. The molecule has 2 aliphatic heterocycles. The first-order valence-corrected chi connectivity index (χ1v) is 8.82. The van der Waals surface area contributed by atoms with Gasteiger partial charge >= 0.3 is 0 Å². The lowest BCUT2D eigenvalue weighted by Crippen LogP contribution is -2.40. The maximum absolute atomic E-state index is 13.3. The van der Waals surface area contributed by atoms with E-state index < -0.39 is 18.0 Å². The zero-order valence-electron chi connectivity index (χ0n) is 13.3. The molecule has 1 fully saturated rings. The minimum atomic E-state index is -0.669. The Morgan fingerprint density at radius 3 is 2.96 bits per heavy atom. The number of hydrogen-bond donors (Lipinski definition) is 1. The molecule has 0 spiro atoms. The van der Waals surface area contributed by atoms with Crippen LogP contribution in [-0.2, 0) is 12.2 Å². The number of fused-ring (bicyclic) bond motifs is 1. The largest absolute Gasteiger partial charge is 0.379 e. The highest BCUT2D eigenvalue weighted by molar-refractivity contribution is 8.13. The highest BCUT2D eigenvalue weighted by Gasteiger charge is 2.51. The summed E-state index contributed by atoms with van der Waals surface area (Å²) in [6.45, 7) is 0.476. The van der Waals surface area contributed by atoms with Gasteiger partial charge in [0.15, 0.2) is 5.17 Å². The number of halogens is 2. The lowest BCUT2D eigenvalue weighted by atomic mass is 9.85. The molecular formula is C16H16F2N6S. The number of hydrogen-bond acceptors (Lipinski definition) is 7. The number of rotatable bonds is 3. The molecular weight excluding hydrogens is 346 g/mol. The number of anilines is 1. The third-order valence-electron chi connectivity index (χ3n) is 4.58. The van der Waals surface area contributed by atoms with Crippen molar-refractivity contribution in [3.63, 3.8) is 0 Å². The van der Waals surface area contributed by atoms with Crippen molar-refractivity contribution in [3.05, 3.63) is 47.8 Å². The number of nitrogens with two attached hydrogens (primary N) is 1. The summed E-state index contributed by atoms with van der Waals surface area (Å²) in [6, 6.07) is 4.58. The molecule has 9 heteroatoms. The second-order valence-corrected chi connectivity index (χ2v) is 7.15. The topological polar surface area (TPSA) is 80.3 Å². The maximum Gasteiger partial charge on any atom is 0.225 e. The number of alkyl halides is 1. The van der Waals surface area contributed by atoms with Crippen LogP contribution in [-0.4, -0.2) is 39.0 Å². The standard InChI is InChI=1S/C16H16F2N6S/c17-5-12-3-4-20-15(22-12)24-7-10-8-25-14(19)23-16(10,9-24)13-2-1-11(18)6-21-13/h1-4,6,10H,5,7-9H2,(H2,19,23)/t10-,16-/m0/s1. The van der Waals surface area contributed by atoms with E-state index in [0.29, 0.717) is 35.6 Å². The molecule has 0 radical (unpaired) electrons. The first-order chi connectivity index (χ1) is 12.1. The molecule has 2 aromatic heterocycles. The predicted octanol–water partition coefficient (Wildman–Crippen LogP) is 1.87. The lowest BCUT2D eigenvalue weighted by Gasteiger charge is -2.33. The van der Waals surface area contributed by atoms with Gasteiger partial charge in [0.1, 0.15) is 18.0 Å². The van der Waals surface area contributed by atoms with Crippen molar-refractivity contribution >= 4 is 22.9 Å². The van der Waals surface area contributed by atoms with Gasteiger partial charge in [-0.05, 0) is 18.2 Å². The predicted molar refractivity (Wildman–Crippen MR) is 92.5 cm³/mol. The molecule has 25 heavy (non-hydrogen) atoms. The van der Waals surface area contributed by atoms with E-state index >= 15 is 0 Å². The third-order valence-corrected chi connectivity index (χ3v) is 5.54. The van der Waals surface area contributed by atoms with Crippen molar-refractivity contribution in [3.8, 4) is 0 Å². The molecule has 0 aromatic carbocycles. The zero-order valence-corrected chi connectivity index (χ0v) is 14.1. The Labute approximate surface area is 147 Å². The van der Waals surface area contributed by atoms with Crippen LogP contribution in [0.1, 0.15) is 11.4 Å². The fourth-order valence-corrected chi connectivity index (χ4v) is 4.36. The molecule has 2 N–H and O–H groups in total. The summed E-state index contributed by atoms with van der Waals surface area (Å²) in [5.41, 5.74) is 6.33. The van der Waals surface area contributed by atoms with Gasteiger partial charge in [0.05, 0.1) is 24.1 Å². The minimum Gasteiger partial charge on any atom is -0.379 e. The molecule has 0 saturated carbocycles. The molecule has 1 saturated heterocycles. The first-order valence-electron chi connectivity index (χ1n) is 7.84. The number of nitrogens with zero attached hydrogens (tertiary/aromatic N) is 5. The van der Waals surface area contributed by atoms with E-state index in [0.717, 1.165) is 5.75 Å². The Hall–Kier alpha value is -2.29. The monoisotopic (exact) mass is 362 g/mol. The Morgan fingerprint density at radius 2 is 2.20 bits per heavy atom. The van der Waals surface area contributed by atoms with Crippen LogP contribution in [0.5, 0.6) is 0 Å². The van der Waals surface area contributed by atoms with E-state index in [1.807, 2.05) is 4.90 Å². The second-order valence-electron chi connectivity index (χ2n) is 6.11. The van der Waals surface area contributed by atoms with Gasteiger partial charge in [-0.15, -0.1) is 0 Å². The Balaban J connectivity index is 1.74. The van der Waals surface area contributed by atoms with E-state index in [-0.39, 0.29) is 5.92 Å². The van der Waals surface area contributed by atoms with Crippen molar-refractivity contribution in [2.45, 2.75) is 12.2 Å². The molecule has 0 aliphatic carbocycles. The maximum atomic E-state index is 13.3. The molecule has 2 aliphatic rings. The van der Waals surface area contributed by atoms with Crippen LogP contribution in [0.15, 0.2) is 35.6 Å². The van der Waals surface area contributed by atoms with Crippen molar-refractivity contribution in [1.82, 2.24) is 15.0 Å². The Bertz CT molecular complexity index is 815. The van der Waals surface area contributed by atoms with E-state index in [9.17, 15) is 8.78 Å². The smallest absolute Gasteiger partial charge is 0.225 e. The highest BCUT2D eigenvalue weighted by Crippen LogP contribution is 2.45. The van der Waals surface area contributed by atoms with Crippen LogP contribution in [0.3, 0.4) is 0 Å². The van der Waals surface area contributed by atoms with Crippen LogP contribution in [0.2, 0.25) is 0 Å². The normalized spacial score (nSPS) is 25.6. The fraction of sp³-hybridized carbons (Fsp3) is 0.375. The van der Waals surface area contributed by atoms with Crippen molar-refractivity contribution in [1.29, 1.82) is 0 Å². The summed E-state index contributed by atoms with van der Waals surface area (Å²) in [4.78, 5) is 19.5. The minimum absolute atomic E-state index is 0.125. The highest BCUT2D eigenvalue weighted by atomic mass is 32.2. The second kappa shape index (κ2) is 6.21. The summed E-state index contributed by atoms with van der Waals surface area (Å²) in [5, 5.41) is 0.489. The molecule has 2 atom stereocenters. The van der Waals surface area contributed by atoms with Crippen molar-refractivity contribution < 1.29 is 8.78 Å². The summed E-state index contributed by atoms with van der Waals surface area (Å²) in [7, 11) is 0. The van der Waals surface area contributed by atoms with E-state index in [1.54, 1.807) is 18.3 Å². The number of amidine groups is 1. The van der Waals surface area contributed by atoms with Crippen LogP contribution in [0.4, 0.5) is 14.7 Å². The molecule has 130 valence electrons.